The summed E-state index contributed by atoms with van der Waals surface area (Å²) in [6.45, 7) is 15.2. The van der Waals surface area contributed by atoms with E-state index in [1.54, 1.807) is 30.3 Å². The number of carbonyl (C=O) groups excluding carboxylic acids is 4. The van der Waals surface area contributed by atoms with Gasteiger partial charge in [0.25, 0.3) is 5.91 Å². The van der Waals surface area contributed by atoms with Gasteiger partial charge in [-0.15, -0.1) is 15.0 Å². The van der Waals surface area contributed by atoms with Gasteiger partial charge in [-0.3, -0.25) is 19.2 Å². The van der Waals surface area contributed by atoms with Gasteiger partial charge < -0.3 is 35.4 Å². The lowest BCUT2D eigenvalue weighted by Crippen LogP contribution is -2.74. The Morgan fingerprint density at radius 2 is 1.70 bits per heavy atom. The van der Waals surface area contributed by atoms with Crippen LogP contribution in [0.3, 0.4) is 0 Å². The number of rotatable bonds is 20. The van der Waals surface area contributed by atoms with Crippen LogP contribution in [0.2, 0.25) is 5.02 Å². The first-order valence-electron chi connectivity index (χ1n) is 22.5. The first-order valence-corrected chi connectivity index (χ1v) is 22.9. The monoisotopic (exact) mass is 923 g/mol. The van der Waals surface area contributed by atoms with E-state index in [0.29, 0.717) is 28.5 Å². The second kappa shape index (κ2) is 21.2. The van der Waals surface area contributed by atoms with Gasteiger partial charge >= 0.3 is 0 Å². The molecule has 4 aromatic rings. The number of nitrogens with one attached hydrogen (secondary N) is 3. The normalized spacial score (nSPS) is 20.1. The summed E-state index contributed by atoms with van der Waals surface area (Å²) in [7, 11) is 0. The summed E-state index contributed by atoms with van der Waals surface area (Å²) in [5.74, 6) is -1.19. The highest BCUT2D eigenvalue weighted by Crippen LogP contribution is 2.55. The predicted molar refractivity (Wildman–Crippen MR) is 249 cm³/mol. The molecule has 1 saturated carbocycles. The standard InChI is InChI=1S/C49H62ClN9O7/c1-47(2,3)39(44(64)58-28-36(60)24-41(58)43(63)53-27-31-11-18-35(19-12-31)59-55-30-54-57-59)23-37(61)29-65-22-10-8-9-21-52-34-16-13-32(14-17-34)42(62)56-45-48(4,5)46(49(45,6)7)66-38-20-15-33(26-51)40(50)25-38/h11-20,25,30,36,39,41,45-46,52,60H,8-10,21-24,27-29H2,1-7H3,(H,53,63)(H,56,62)/t36-,39-,41?,45?,46?/m1/s1. The summed E-state index contributed by atoms with van der Waals surface area (Å²) in [6.07, 6.45) is 2.85. The molecule has 0 spiro atoms. The number of aromatic nitrogens is 4. The maximum atomic E-state index is 14.0. The number of carbonyl (C=O) groups is 4. The van der Waals surface area contributed by atoms with Gasteiger partial charge in [-0.05, 0) is 84.0 Å². The highest BCUT2D eigenvalue weighted by molar-refractivity contribution is 6.31. The van der Waals surface area contributed by atoms with Crippen molar-refractivity contribution in [2.24, 2.45) is 22.2 Å². The Balaban J connectivity index is 0.875. The number of aliphatic hydroxyl groups is 1. The van der Waals surface area contributed by atoms with Gasteiger partial charge in [0.15, 0.2) is 12.1 Å². The number of nitriles is 1. The second-order valence-corrected chi connectivity index (χ2v) is 20.0. The predicted octanol–water partition coefficient (Wildman–Crippen LogP) is 6.30. The number of β-amino-alcohol motifs (C(OH)–C–C–N with tert-alkyl or cyclic N) is 1. The van der Waals surface area contributed by atoms with E-state index in [1.165, 1.54) is 16.0 Å². The van der Waals surface area contributed by atoms with E-state index in [1.807, 2.05) is 57.2 Å². The largest absolute Gasteiger partial charge is 0.489 e. The van der Waals surface area contributed by atoms with Crippen molar-refractivity contribution in [1.82, 2.24) is 35.7 Å². The van der Waals surface area contributed by atoms with Gasteiger partial charge in [-0.2, -0.15) is 5.26 Å². The number of halogens is 1. The molecule has 3 amide bonds. The molecule has 1 saturated heterocycles. The molecular weight excluding hydrogens is 862 g/mol. The van der Waals surface area contributed by atoms with E-state index in [4.69, 9.17) is 21.1 Å². The minimum absolute atomic E-state index is 0.0149. The minimum Gasteiger partial charge on any atom is -0.489 e. The molecule has 4 N–H and O–H groups in total. The van der Waals surface area contributed by atoms with E-state index >= 15 is 0 Å². The van der Waals surface area contributed by atoms with Crippen LogP contribution in [0.1, 0.15) is 102 Å². The van der Waals surface area contributed by atoms with Crippen molar-refractivity contribution in [3.8, 4) is 17.5 Å². The lowest BCUT2D eigenvalue weighted by molar-refractivity contribution is -0.164. The fourth-order valence-corrected chi connectivity index (χ4v) is 9.58. The number of anilines is 1. The number of likely N-dealkylation sites (tertiary alicyclic amines) is 1. The lowest BCUT2D eigenvalue weighted by atomic mass is 9.49. The van der Waals surface area contributed by atoms with Crippen LogP contribution in [-0.4, -0.2) is 104 Å². The number of hydrogen-bond acceptors (Lipinski definition) is 12. The average molecular weight is 925 g/mol. The molecule has 2 fully saturated rings. The number of Topliss-reactive ketones (excluding diaryl/α,β-unsaturated/α-hetero) is 1. The van der Waals surface area contributed by atoms with Crippen LogP contribution < -0.4 is 20.7 Å². The smallest absolute Gasteiger partial charge is 0.251 e. The molecule has 1 unspecified atom stereocenters. The quantitative estimate of drug-likeness (QED) is 0.0720. The van der Waals surface area contributed by atoms with Crippen LogP contribution in [0.4, 0.5) is 5.69 Å². The number of ether oxygens (including phenoxy) is 2. The molecule has 66 heavy (non-hydrogen) atoms. The molecule has 17 heteroatoms. The zero-order valence-corrected chi connectivity index (χ0v) is 39.6. The van der Waals surface area contributed by atoms with Gasteiger partial charge in [-0.1, -0.05) is 72.2 Å². The summed E-state index contributed by atoms with van der Waals surface area (Å²) < 4.78 is 12.1. The highest BCUT2D eigenvalue weighted by Gasteiger charge is 2.64. The molecule has 1 aliphatic carbocycles. The van der Waals surface area contributed by atoms with Crippen LogP contribution >= 0.6 is 11.6 Å². The third-order valence-corrected chi connectivity index (χ3v) is 13.1. The van der Waals surface area contributed by atoms with Crippen molar-refractivity contribution in [1.29, 1.82) is 5.26 Å². The van der Waals surface area contributed by atoms with Crippen molar-refractivity contribution in [2.75, 3.05) is 31.6 Å². The van der Waals surface area contributed by atoms with E-state index < -0.39 is 23.5 Å². The van der Waals surface area contributed by atoms with E-state index in [0.717, 1.165) is 42.7 Å². The Kier molecular flexibility index (Phi) is 15.9. The molecule has 2 aliphatic rings. The molecule has 3 atom stereocenters. The number of benzene rings is 3. The topological polar surface area (TPSA) is 214 Å². The van der Waals surface area contributed by atoms with Crippen LogP contribution in [0.15, 0.2) is 73.1 Å². The van der Waals surface area contributed by atoms with Crippen LogP contribution in [0.5, 0.6) is 5.75 Å². The Morgan fingerprint density at radius 1 is 0.985 bits per heavy atom. The molecule has 16 nitrogen and oxygen atoms in total. The van der Waals surface area contributed by atoms with Gasteiger partial charge in [0.05, 0.1) is 22.4 Å². The zero-order valence-electron chi connectivity index (χ0n) is 38.8. The van der Waals surface area contributed by atoms with Crippen molar-refractivity contribution < 1.29 is 33.8 Å². The van der Waals surface area contributed by atoms with Gasteiger partial charge in [-0.25, -0.2) is 0 Å². The molecule has 0 radical (unpaired) electrons. The Bertz CT molecular complexity index is 2340. The third-order valence-electron chi connectivity index (χ3n) is 12.8. The molecular formula is C49H62ClN9O7. The molecule has 6 rings (SSSR count). The number of unbranched alkanes of at least 4 members (excludes halogenated alkanes) is 2. The number of nitrogens with zero attached hydrogens (tertiary/aromatic N) is 6. The Hall–Kier alpha value is -5.89. The van der Waals surface area contributed by atoms with Crippen LogP contribution in [-0.2, 0) is 25.7 Å². The third kappa shape index (κ3) is 11.9. The van der Waals surface area contributed by atoms with Crippen molar-refractivity contribution in [3.05, 3.63) is 94.8 Å². The lowest BCUT2D eigenvalue weighted by Gasteiger charge is -2.63. The first kappa shape index (κ1) is 49.5. The molecule has 1 aromatic heterocycles. The van der Waals surface area contributed by atoms with Crippen LogP contribution in [0, 0.1) is 33.5 Å². The zero-order chi connectivity index (χ0) is 47.8. The molecule has 2 heterocycles. The maximum Gasteiger partial charge on any atom is 0.251 e. The number of amides is 3. The number of ketones is 1. The fraction of sp³-hybridized carbons (Fsp3) is 0.510. The van der Waals surface area contributed by atoms with Gasteiger partial charge in [0.2, 0.25) is 11.8 Å². The summed E-state index contributed by atoms with van der Waals surface area (Å²) in [5, 5.41) is 41.2. The maximum absolute atomic E-state index is 14.0. The Labute approximate surface area is 391 Å². The summed E-state index contributed by atoms with van der Waals surface area (Å²) >= 11 is 6.24. The first-order chi connectivity index (χ1) is 31.3. The van der Waals surface area contributed by atoms with E-state index in [2.05, 4.69) is 65.1 Å². The van der Waals surface area contributed by atoms with Crippen molar-refractivity contribution >= 4 is 40.8 Å². The van der Waals surface area contributed by atoms with Gasteiger partial charge in [0, 0.05) is 79.2 Å². The summed E-state index contributed by atoms with van der Waals surface area (Å²) in [4.78, 5) is 56.7. The van der Waals surface area contributed by atoms with E-state index in [-0.39, 0.29) is 79.0 Å². The minimum atomic E-state index is -0.860. The van der Waals surface area contributed by atoms with Crippen LogP contribution in [0.25, 0.3) is 5.69 Å². The van der Waals surface area contributed by atoms with Crippen molar-refractivity contribution in [3.63, 3.8) is 0 Å². The average Bonchev–Trinajstić information content (AvgIpc) is 3.97. The Morgan fingerprint density at radius 3 is 2.33 bits per heavy atom. The second-order valence-electron chi connectivity index (χ2n) is 19.6. The SMILES string of the molecule is CC1(C)C(NC(=O)c2ccc(NCCCCCOCC(=O)C[C@H](C(=O)N3C[C@H](O)CC3C(=O)NCc3ccc(-n4ncnn4)cc3)C(C)(C)C)cc2)C(C)(C)C1Oc1ccc(C#N)c(Cl)c1. The summed E-state index contributed by atoms with van der Waals surface area (Å²) in [6, 6.07) is 20.8. The fourth-order valence-electron chi connectivity index (χ4n) is 9.37. The van der Waals surface area contributed by atoms with Gasteiger partial charge in [0.1, 0.15) is 30.6 Å². The number of tetrazole rings is 1. The van der Waals surface area contributed by atoms with Crippen molar-refractivity contribution in [2.45, 2.75) is 111 Å². The van der Waals surface area contributed by atoms with E-state index in [9.17, 15) is 29.5 Å². The number of hydrogen-bond donors (Lipinski definition) is 4. The molecule has 1 aliphatic heterocycles. The molecule has 3 aromatic carbocycles. The molecule has 352 valence electrons. The number of aliphatic hydroxyl groups excluding tert-OH is 1. The highest BCUT2D eigenvalue weighted by atomic mass is 35.5. The summed E-state index contributed by atoms with van der Waals surface area (Å²) in [5.41, 5.74) is 2.05. The molecule has 0 bridgehead atoms.